The van der Waals surface area contributed by atoms with Crippen molar-refractivity contribution in [2.75, 3.05) is 24.2 Å². The van der Waals surface area contributed by atoms with Crippen LogP contribution in [0.1, 0.15) is 19.4 Å². The Labute approximate surface area is 108 Å². The SMILES string of the molecule is CNCc1ccncc1N1CCSC(C)C1C. The molecular formula is C13H21N3S. The van der Waals surface area contributed by atoms with Crippen LogP contribution < -0.4 is 10.2 Å². The first kappa shape index (κ1) is 12.7. The lowest BCUT2D eigenvalue weighted by atomic mass is 10.1. The van der Waals surface area contributed by atoms with Gasteiger partial charge in [0.05, 0.1) is 11.9 Å². The van der Waals surface area contributed by atoms with Gasteiger partial charge in [0, 0.05) is 36.3 Å². The number of aromatic nitrogens is 1. The molecule has 94 valence electrons. The van der Waals surface area contributed by atoms with Crippen LogP contribution in [-0.2, 0) is 6.54 Å². The predicted octanol–water partition coefficient (Wildman–Crippen LogP) is 2.13. The van der Waals surface area contributed by atoms with Gasteiger partial charge in [0.25, 0.3) is 0 Å². The number of anilines is 1. The molecule has 2 unspecified atom stereocenters. The molecule has 1 aromatic rings. The normalized spacial score (nSPS) is 25.0. The summed E-state index contributed by atoms with van der Waals surface area (Å²) in [4.78, 5) is 6.79. The fourth-order valence-corrected chi connectivity index (χ4v) is 3.39. The molecule has 2 rings (SSSR count). The van der Waals surface area contributed by atoms with Crippen LogP contribution in [0.15, 0.2) is 18.5 Å². The largest absolute Gasteiger partial charge is 0.365 e. The average molecular weight is 251 g/mol. The summed E-state index contributed by atoms with van der Waals surface area (Å²) >= 11 is 2.07. The third-order valence-corrected chi connectivity index (χ3v) is 4.79. The molecular weight excluding hydrogens is 230 g/mol. The third kappa shape index (κ3) is 2.75. The van der Waals surface area contributed by atoms with Crippen molar-refractivity contribution in [3.05, 3.63) is 24.0 Å². The van der Waals surface area contributed by atoms with Gasteiger partial charge in [0.15, 0.2) is 0 Å². The zero-order chi connectivity index (χ0) is 12.3. The molecule has 0 spiro atoms. The number of hydrogen-bond donors (Lipinski definition) is 1. The van der Waals surface area contributed by atoms with E-state index in [1.807, 2.05) is 19.4 Å². The summed E-state index contributed by atoms with van der Waals surface area (Å²) in [5.74, 6) is 1.21. The molecule has 3 nitrogen and oxygen atoms in total. The molecule has 4 heteroatoms. The number of thioether (sulfide) groups is 1. The number of rotatable bonds is 3. The van der Waals surface area contributed by atoms with E-state index in [-0.39, 0.29) is 0 Å². The van der Waals surface area contributed by atoms with Gasteiger partial charge in [-0.15, -0.1) is 0 Å². The maximum atomic E-state index is 4.29. The Bertz CT molecular complexity index is 369. The Morgan fingerprint density at radius 2 is 2.35 bits per heavy atom. The Morgan fingerprint density at radius 1 is 1.53 bits per heavy atom. The molecule has 0 saturated carbocycles. The zero-order valence-electron chi connectivity index (χ0n) is 10.8. The molecule has 0 amide bonds. The van der Waals surface area contributed by atoms with E-state index in [1.54, 1.807) is 0 Å². The average Bonchev–Trinajstić information content (AvgIpc) is 2.34. The first-order chi connectivity index (χ1) is 8.24. The second kappa shape index (κ2) is 5.74. The van der Waals surface area contributed by atoms with E-state index in [2.05, 4.69) is 46.9 Å². The van der Waals surface area contributed by atoms with Crippen LogP contribution in [0.5, 0.6) is 0 Å². The molecule has 1 fully saturated rings. The third-order valence-electron chi connectivity index (χ3n) is 3.45. The van der Waals surface area contributed by atoms with Gasteiger partial charge in [-0.1, -0.05) is 6.92 Å². The predicted molar refractivity (Wildman–Crippen MR) is 75.7 cm³/mol. The first-order valence-electron chi connectivity index (χ1n) is 6.19. The summed E-state index contributed by atoms with van der Waals surface area (Å²) < 4.78 is 0. The summed E-state index contributed by atoms with van der Waals surface area (Å²) in [6, 6.07) is 2.69. The lowest BCUT2D eigenvalue weighted by molar-refractivity contribution is 0.622. The summed E-state index contributed by atoms with van der Waals surface area (Å²) in [6.07, 6.45) is 3.88. The molecule has 0 aliphatic carbocycles. The minimum Gasteiger partial charge on any atom is -0.365 e. The topological polar surface area (TPSA) is 28.2 Å². The molecule has 1 N–H and O–H groups in total. The maximum Gasteiger partial charge on any atom is 0.0601 e. The fourth-order valence-electron chi connectivity index (χ4n) is 2.29. The zero-order valence-corrected chi connectivity index (χ0v) is 11.6. The van der Waals surface area contributed by atoms with Gasteiger partial charge in [0.2, 0.25) is 0 Å². The van der Waals surface area contributed by atoms with Crippen LogP contribution in [-0.4, -0.2) is 35.6 Å². The van der Waals surface area contributed by atoms with Crippen molar-refractivity contribution in [3.63, 3.8) is 0 Å². The van der Waals surface area contributed by atoms with E-state index in [0.717, 1.165) is 13.1 Å². The van der Waals surface area contributed by atoms with Crippen LogP contribution in [0.4, 0.5) is 5.69 Å². The number of nitrogens with zero attached hydrogens (tertiary/aromatic N) is 2. The molecule has 17 heavy (non-hydrogen) atoms. The second-order valence-electron chi connectivity index (χ2n) is 4.54. The highest BCUT2D eigenvalue weighted by atomic mass is 32.2. The summed E-state index contributed by atoms with van der Waals surface area (Å²) in [5.41, 5.74) is 2.63. The Morgan fingerprint density at radius 3 is 3.12 bits per heavy atom. The Balaban J connectivity index is 2.25. The van der Waals surface area contributed by atoms with Gasteiger partial charge in [-0.3, -0.25) is 4.98 Å². The monoisotopic (exact) mass is 251 g/mol. The van der Waals surface area contributed by atoms with Crippen molar-refractivity contribution >= 4 is 17.4 Å². The van der Waals surface area contributed by atoms with Crippen molar-refractivity contribution in [2.45, 2.75) is 31.7 Å². The van der Waals surface area contributed by atoms with Crippen molar-refractivity contribution in [1.82, 2.24) is 10.3 Å². The molecule has 2 atom stereocenters. The van der Waals surface area contributed by atoms with Crippen molar-refractivity contribution in [2.24, 2.45) is 0 Å². The van der Waals surface area contributed by atoms with Crippen molar-refractivity contribution in [3.8, 4) is 0 Å². The van der Waals surface area contributed by atoms with E-state index < -0.39 is 0 Å². The van der Waals surface area contributed by atoms with Gasteiger partial charge in [-0.2, -0.15) is 11.8 Å². The lowest BCUT2D eigenvalue weighted by Gasteiger charge is -2.40. The van der Waals surface area contributed by atoms with Crippen LogP contribution in [0.2, 0.25) is 0 Å². The molecule has 0 bridgehead atoms. The number of hydrogen-bond acceptors (Lipinski definition) is 4. The van der Waals surface area contributed by atoms with Gasteiger partial charge < -0.3 is 10.2 Å². The van der Waals surface area contributed by atoms with Crippen molar-refractivity contribution < 1.29 is 0 Å². The molecule has 0 aromatic carbocycles. The molecule has 1 aliphatic rings. The molecule has 1 saturated heterocycles. The minimum absolute atomic E-state index is 0.577. The van der Waals surface area contributed by atoms with Crippen LogP contribution >= 0.6 is 11.8 Å². The van der Waals surface area contributed by atoms with Crippen LogP contribution in [0, 0.1) is 0 Å². The summed E-state index contributed by atoms with van der Waals surface area (Å²) in [6.45, 7) is 6.66. The smallest absolute Gasteiger partial charge is 0.0601 e. The standard InChI is InChI=1S/C13H21N3S/c1-10-11(2)17-7-6-16(10)13-9-15-5-4-12(13)8-14-3/h4-5,9-11,14H,6-8H2,1-3H3. The van der Waals surface area contributed by atoms with E-state index in [9.17, 15) is 0 Å². The molecule has 2 heterocycles. The minimum atomic E-state index is 0.577. The van der Waals surface area contributed by atoms with Gasteiger partial charge in [0.1, 0.15) is 0 Å². The van der Waals surface area contributed by atoms with E-state index in [1.165, 1.54) is 17.0 Å². The Kier molecular flexibility index (Phi) is 4.29. The lowest BCUT2D eigenvalue weighted by Crippen LogP contribution is -2.45. The molecule has 0 radical (unpaired) electrons. The highest BCUT2D eigenvalue weighted by Gasteiger charge is 2.26. The highest BCUT2D eigenvalue weighted by molar-refractivity contribution is 8.00. The summed E-state index contributed by atoms with van der Waals surface area (Å²) in [7, 11) is 1.99. The molecule has 1 aromatic heterocycles. The van der Waals surface area contributed by atoms with E-state index in [4.69, 9.17) is 0 Å². The maximum absolute atomic E-state index is 4.29. The highest BCUT2D eigenvalue weighted by Crippen LogP contribution is 2.30. The van der Waals surface area contributed by atoms with Gasteiger partial charge >= 0.3 is 0 Å². The number of pyridine rings is 1. The van der Waals surface area contributed by atoms with Gasteiger partial charge in [-0.05, 0) is 25.6 Å². The Hall–Kier alpha value is -0.740. The molecule has 1 aliphatic heterocycles. The van der Waals surface area contributed by atoms with Crippen LogP contribution in [0.25, 0.3) is 0 Å². The first-order valence-corrected chi connectivity index (χ1v) is 7.24. The fraction of sp³-hybridized carbons (Fsp3) is 0.615. The quantitative estimate of drug-likeness (QED) is 0.891. The van der Waals surface area contributed by atoms with E-state index >= 15 is 0 Å². The van der Waals surface area contributed by atoms with Crippen LogP contribution in [0.3, 0.4) is 0 Å². The van der Waals surface area contributed by atoms with Crippen molar-refractivity contribution in [1.29, 1.82) is 0 Å². The van der Waals surface area contributed by atoms with Gasteiger partial charge in [-0.25, -0.2) is 0 Å². The summed E-state index contributed by atoms with van der Waals surface area (Å²) in [5, 5.41) is 3.92. The second-order valence-corrected chi connectivity index (χ2v) is 6.03. The number of nitrogens with one attached hydrogen (secondary N) is 1. The van der Waals surface area contributed by atoms with E-state index in [0.29, 0.717) is 11.3 Å².